The number of hydrogen-bond acceptors (Lipinski definition) is 7. The van der Waals surface area contributed by atoms with E-state index in [2.05, 4.69) is 10.3 Å². The molecule has 1 atom stereocenters. The van der Waals surface area contributed by atoms with Crippen molar-refractivity contribution in [1.29, 1.82) is 0 Å². The summed E-state index contributed by atoms with van der Waals surface area (Å²) in [6.07, 6.45) is 2.25. The number of amides is 1. The Morgan fingerprint density at radius 2 is 2.08 bits per heavy atom. The van der Waals surface area contributed by atoms with Crippen LogP contribution in [0.4, 0.5) is 15.0 Å². The van der Waals surface area contributed by atoms with Crippen LogP contribution in [0.1, 0.15) is 51.8 Å². The second-order valence-electron chi connectivity index (χ2n) is 10.9. The quantitative estimate of drug-likeness (QED) is 0.462. The molecule has 3 aromatic rings. The molecule has 11 heteroatoms. The summed E-state index contributed by atoms with van der Waals surface area (Å²) in [5.74, 6) is 1.23. The summed E-state index contributed by atoms with van der Waals surface area (Å²) in [5.41, 5.74) is 1.80. The van der Waals surface area contributed by atoms with Crippen molar-refractivity contribution in [3.63, 3.8) is 0 Å². The van der Waals surface area contributed by atoms with Gasteiger partial charge >= 0.3 is 6.09 Å². The lowest BCUT2D eigenvalue weighted by Crippen LogP contribution is -2.48. The summed E-state index contributed by atoms with van der Waals surface area (Å²) in [6.45, 7) is 10.0. The average Bonchev–Trinajstić information content (AvgIpc) is 3.35. The third kappa shape index (κ3) is 5.16. The molecule has 5 rings (SSSR count). The van der Waals surface area contributed by atoms with Crippen molar-refractivity contribution >= 4 is 29.2 Å². The first-order valence-electron chi connectivity index (χ1n) is 12.5. The fourth-order valence-electron chi connectivity index (χ4n) is 4.87. The van der Waals surface area contributed by atoms with Crippen LogP contribution in [0.5, 0.6) is 5.75 Å². The number of rotatable bonds is 4. The Balaban J connectivity index is 1.40. The Morgan fingerprint density at radius 3 is 2.76 bits per heavy atom. The minimum Gasteiger partial charge on any atom is -0.486 e. The first-order valence-corrected chi connectivity index (χ1v) is 12.9. The summed E-state index contributed by atoms with van der Waals surface area (Å²) in [4.78, 5) is 22.8. The molecule has 0 aliphatic carbocycles. The van der Waals surface area contributed by atoms with Gasteiger partial charge in [0.15, 0.2) is 17.2 Å². The fraction of sp³-hybridized carbons (Fsp3) is 0.538. The number of likely N-dealkylation sites (tertiary alicyclic amines) is 1. The Hall–Kier alpha value is -3.14. The number of carbonyl (C=O) groups is 1. The van der Waals surface area contributed by atoms with Gasteiger partial charge in [0, 0.05) is 49.7 Å². The average molecular weight is 531 g/mol. The zero-order valence-electron chi connectivity index (χ0n) is 21.8. The van der Waals surface area contributed by atoms with E-state index in [9.17, 15) is 4.79 Å². The van der Waals surface area contributed by atoms with Crippen LogP contribution >= 0.6 is 11.6 Å². The molecule has 1 fully saturated rings. The van der Waals surface area contributed by atoms with E-state index in [4.69, 9.17) is 31.2 Å². The van der Waals surface area contributed by atoms with Crippen molar-refractivity contribution in [2.45, 2.75) is 71.3 Å². The second kappa shape index (κ2) is 9.31. The number of pyridine rings is 1. The Bertz CT molecular complexity index is 1350. The van der Waals surface area contributed by atoms with Gasteiger partial charge in [-0.1, -0.05) is 11.6 Å². The molecule has 0 spiro atoms. The highest BCUT2D eigenvalue weighted by atomic mass is 35.5. The van der Waals surface area contributed by atoms with Crippen molar-refractivity contribution in [3.8, 4) is 17.0 Å². The minimum atomic E-state index is -1.49. The SMILES string of the molecule is Cc1nc2c3c(c(NCC4(F)CCN(C(=O)OC(C)(C)C)CC4)nn2c1-c1ccnc(Cl)c1)CC(C)O3. The van der Waals surface area contributed by atoms with Gasteiger partial charge < -0.3 is 19.7 Å². The molecule has 1 unspecified atom stereocenters. The van der Waals surface area contributed by atoms with Gasteiger partial charge in [0.2, 0.25) is 0 Å². The van der Waals surface area contributed by atoms with Crippen LogP contribution in [0, 0.1) is 6.92 Å². The molecule has 3 aromatic heterocycles. The van der Waals surface area contributed by atoms with Crippen molar-refractivity contribution in [2.24, 2.45) is 0 Å². The van der Waals surface area contributed by atoms with Crippen LogP contribution in [0.2, 0.25) is 5.15 Å². The third-order valence-electron chi connectivity index (χ3n) is 6.69. The van der Waals surface area contributed by atoms with E-state index in [0.717, 1.165) is 22.5 Å². The molecule has 1 amide bonds. The van der Waals surface area contributed by atoms with E-state index in [1.807, 2.05) is 40.7 Å². The van der Waals surface area contributed by atoms with Crippen LogP contribution in [0.15, 0.2) is 18.3 Å². The lowest BCUT2D eigenvalue weighted by Gasteiger charge is -2.37. The molecular weight excluding hydrogens is 499 g/mol. The standard InChI is InChI=1S/C26H32ClFN6O3/c1-15-12-18-21(36-15)23-31-16(2)20(17-6-9-29-19(27)13-17)34(23)32-22(18)30-14-26(28)7-10-33(11-8-26)24(35)37-25(3,4)5/h6,9,13,15H,7-8,10-12,14H2,1-5H3,(H,30,32). The van der Waals surface area contributed by atoms with Gasteiger partial charge in [0.25, 0.3) is 0 Å². The molecule has 0 radical (unpaired) electrons. The summed E-state index contributed by atoms with van der Waals surface area (Å²) in [5, 5.41) is 8.49. The maximum Gasteiger partial charge on any atom is 0.410 e. The number of hydrogen-bond donors (Lipinski definition) is 1. The highest BCUT2D eigenvalue weighted by molar-refractivity contribution is 6.29. The van der Waals surface area contributed by atoms with E-state index in [0.29, 0.717) is 41.9 Å². The largest absolute Gasteiger partial charge is 0.486 e. The molecule has 0 saturated carbocycles. The van der Waals surface area contributed by atoms with E-state index in [1.165, 1.54) is 0 Å². The zero-order chi connectivity index (χ0) is 26.5. The first kappa shape index (κ1) is 25.5. The van der Waals surface area contributed by atoms with Crippen LogP contribution in [0.3, 0.4) is 0 Å². The van der Waals surface area contributed by atoms with Crippen molar-refractivity contribution in [3.05, 3.63) is 34.7 Å². The number of carbonyl (C=O) groups excluding carboxylic acids is 1. The summed E-state index contributed by atoms with van der Waals surface area (Å²) < 4.78 is 29.1. The number of nitrogens with zero attached hydrogens (tertiary/aromatic N) is 5. The Labute approximate surface area is 220 Å². The number of anilines is 1. The van der Waals surface area contributed by atoms with Gasteiger partial charge in [-0.15, -0.1) is 5.10 Å². The molecule has 1 N–H and O–H groups in total. The van der Waals surface area contributed by atoms with Crippen molar-refractivity contribution < 1.29 is 18.7 Å². The van der Waals surface area contributed by atoms with Gasteiger partial charge in [-0.2, -0.15) is 0 Å². The number of fused-ring (bicyclic) bond motifs is 3. The molecule has 2 aliphatic heterocycles. The fourth-order valence-corrected chi connectivity index (χ4v) is 5.04. The molecule has 0 bridgehead atoms. The third-order valence-corrected chi connectivity index (χ3v) is 6.89. The van der Waals surface area contributed by atoms with Gasteiger partial charge in [0.05, 0.1) is 17.9 Å². The van der Waals surface area contributed by atoms with Crippen molar-refractivity contribution in [2.75, 3.05) is 25.0 Å². The smallest absolute Gasteiger partial charge is 0.410 e. The number of ether oxygens (including phenoxy) is 2. The molecule has 2 aliphatic rings. The highest BCUT2D eigenvalue weighted by Crippen LogP contribution is 2.40. The van der Waals surface area contributed by atoms with Crippen molar-refractivity contribution in [1.82, 2.24) is 24.5 Å². The topological polar surface area (TPSA) is 93.9 Å². The number of nitrogens with one attached hydrogen (secondary N) is 1. The van der Waals surface area contributed by atoms with Gasteiger partial charge in [-0.3, -0.25) is 0 Å². The maximum atomic E-state index is 15.8. The number of alkyl halides is 1. The summed E-state index contributed by atoms with van der Waals surface area (Å²) in [6, 6.07) is 3.61. The lowest BCUT2D eigenvalue weighted by atomic mass is 9.93. The van der Waals surface area contributed by atoms with E-state index < -0.39 is 17.4 Å². The minimum absolute atomic E-state index is 0.0456. The summed E-state index contributed by atoms with van der Waals surface area (Å²) >= 11 is 6.15. The molecule has 198 valence electrons. The molecule has 1 saturated heterocycles. The number of imidazole rings is 1. The summed E-state index contributed by atoms with van der Waals surface area (Å²) in [7, 11) is 0. The van der Waals surface area contributed by atoms with E-state index in [1.54, 1.807) is 21.7 Å². The monoisotopic (exact) mass is 530 g/mol. The van der Waals surface area contributed by atoms with Crippen LogP contribution < -0.4 is 10.1 Å². The van der Waals surface area contributed by atoms with Crippen LogP contribution in [-0.2, 0) is 11.2 Å². The van der Waals surface area contributed by atoms with Gasteiger partial charge in [-0.05, 0) is 46.8 Å². The van der Waals surface area contributed by atoms with Crippen LogP contribution in [0.25, 0.3) is 16.9 Å². The molecule has 9 nitrogen and oxygen atoms in total. The predicted octanol–water partition coefficient (Wildman–Crippen LogP) is 5.23. The van der Waals surface area contributed by atoms with E-state index in [-0.39, 0.29) is 25.5 Å². The van der Waals surface area contributed by atoms with Gasteiger partial charge in [0.1, 0.15) is 22.5 Å². The normalized spacial score (nSPS) is 19.0. The highest BCUT2D eigenvalue weighted by Gasteiger charge is 2.38. The lowest BCUT2D eigenvalue weighted by molar-refractivity contribution is 0.00574. The van der Waals surface area contributed by atoms with E-state index >= 15 is 4.39 Å². The molecule has 37 heavy (non-hydrogen) atoms. The Kier molecular flexibility index (Phi) is 6.42. The molecule has 5 heterocycles. The molecular formula is C26H32ClFN6O3. The van der Waals surface area contributed by atoms with Crippen LogP contribution in [-0.4, -0.2) is 67.6 Å². The number of halogens is 2. The maximum absolute atomic E-state index is 15.8. The number of piperidine rings is 1. The number of aryl methyl sites for hydroxylation is 1. The molecule has 0 aromatic carbocycles. The second-order valence-corrected chi connectivity index (χ2v) is 11.3. The number of aromatic nitrogens is 4. The zero-order valence-corrected chi connectivity index (χ0v) is 22.5. The predicted molar refractivity (Wildman–Crippen MR) is 139 cm³/mol. The first-order chi connectivity index (χ1) is 17.4. The van der Waals surface area contributed by atoms with Gasteiger partial charge in [-0.25, -0.2) is 23.7 Å². The Morgan fingerprint density at radius 1 is 1.35 bits per heavy atom.